The van der Waals surface area contributed by atoms with E-state index in [1.54, 1.807) is 0 Å². The summed E-state index contributed by atoms with van der Waals surface area (Å²) in [5, 5.41) is 0. The van der Waals surface area contributed by atoms with Crippen molar-refractivity contribution in [2.24, 2.45) is 16.5 Å². The summed E-state index contributed by atoms with van der Waals surface area (Å²) in [7, 11) is 0. The smallest absolute Gasteiger partial charge is 0.370 e. The van der Waals surface area contributed by atoms with E-state index in [2.05, 4.69) is 27.1 Å². The molecule has 0 unspecified atom stereocenters. The number of rotatable bonds is 1. The van der Waals surface area contributed by atoms with E-state index in [-0.39, 0.29) is 25.4 Å². The molecule has 1 aromatic heterocycles. The molecule has 1 radical (unpaired) electrons. The number of allylic oxidation sites excluding steroid dienone is 4. The van der Waals surface area contributed by atoms with Crippen LogP contribution in [-0.2, 0) is 19.5 Å². The van der Waals surface area contributed by atoms with Crippen molar-refractivity contribution < 1.29 is 19.5 Å². The molecule has 0 bridgehead atoms. The number of hydrogen-bond donors (Lipinski definition) is 3. The molecule has 1 aliphatic carbocycles. The number of hydrogen-bond acceptors (Lipinski definition) is 2. The molecule has 0 atom stereocenters. The Balaban J connectivity index is 0.000000256. The molecule has 99 valence electrons. The summed E-state index contributed by atoms with van der Waals surface area (Å²) in [5.74, 6) is 0.431. The summed E-state index contributed by atoms with van der Waals surface area (Å²) in [4.78, 5) is 10.9. The Morgan fingerprint density at radius 1 is 1.32 bits per heavy atom. The number of aromatic nitrogens is 2. The molecule has 5 nitrogen and oxygen atoms in total. The zero-order valence-corrected chi connectivity index (χ0v) is 11.9. The first-order chi connectivity index (χ1) is 8.75. The van der Waals surface area contributed by atoms with Gasteiger partial charge in [0, 0.05) is 0 Å². The minimum absolute atomic E-state index is 0. The van der Waals surface area contributed by atoms with E-state index in [4.69, 9.17) is 11.5 Å². The zero-order chi connectivity index (χ0) is 12.8. The van der Waals surface area contributed by atoms with Gasteiger partial charge < -0.3 is 16.5 Å². The summed E-state index contributed by atoms with van der Waals surface area (Å²) in [6.07, 6.45) is 10.0. The molecule has 1 aliphatic rings. The number of guanidine groups is 1. The fourth-order valence-corrected chi connectivity index (χ4v) is 1.45. The Labute approximate surface area is 124 Å². The minimum atomic E-state index is -0.000874. The monoisotopic (exact) mass is 342 g/mol. The van der Waals surface area contributed by atoms with Gasteiger partial charge in [-0.2, -0.15) is 11.1 Å². The van der Waals surface area contributed by atoms with Crippen LogP contribution in [0.1, 0.15) is 6.42 Å². The number of benzene rings is 1. The molecule has 1 aromatic carbocycles. The van der Waals surface area contributed by atoms with Crippen LogP contribution in [0.2, 0.25) is 0 Å². The third-order valence-electron chi connectivity index (χ3n) is 2.20. The molecule has 19 heavy (non-hydrogen) atoms. The van der Waals surface area contributed by atoms with Gasteiger partial charge in [0.25, 0.3) is 0 Å². The SMILES string of the molecule is NC(N)=Nc1nc2ccccc2[nH]1.[C-]1=CC=CC1.[Ru+]. The number of para-hydroxylation sites is 2. The Bertz CT molecular complexity index is 565. The van der Waals surface area contributed by atoms with Gasteiger partial charge in [0.2, 0.25) is 5.95 Å². The standard InChI is InChI=1S/C8H9N5.C5H5.Ru/c9-7(10)13-8-11-5-3-1-2-4-6(5)12-8;1-2-4-5-3-1;/h1-4H,(H5,9,10,11,12,13);1-3H,4H2;/q;-1;+1. The Morgan fingerprint density at radius 3 is 2.63 bits per heavy atom. The maximum atomic E-state index is 5.21. The average molecular weight is 341 g/mol. The fourth-order valence-electron chi connectivity index (χ4n) is 1.45. The molecule has 0 saturated heterocycles. The van der Waals surface area contributed by atoms with Gasteiger partial charge in [0.1, 0.15) is 0 Å². The normalized spacial score (nSPS) is 11.6. The van der Waals surface area contributed by atoms with Gasteiger partial charge in [-0.1, -0.05) is 12.1 Å². The molecule has 6 heteroatoms. The molecule has 0 aliphatic heterocycles. The van der Waals surface area contributed by atoms with Crippen molar-refractivity contribution in [3.63, 3.8) is 0 Å². The number of H-pyrrole nitrogens is 1. The van der Waals surface area contributed by atoms with Gasteiger partial charge in [-0.3, -0.25) is 6.08 Å². The number of nitrogens with two attached hydrogens (primary N) is 2. The van der Waals surface area contributed by atoms with Crippen LogP contribution >= 0.6 is 0 Å². The van der Waals surface area contributed by atoms with Crippen LogP contribution in [-0.4, -0.2) is 15.9 Å². The van der Waals surface area contributed by atoms with Crippen LogP contribution in [0.5, 0.6) is 0 Å². The van der Waals surface area contributed by atoms with Crippen molar-refractivity contribution in [2.75, 3.05) is 0 Å². The van der Waals surface area contributed by atoms with Crippen LogP contribution in [0, 0.1) is 6.08 Å². The van der Waals surface area contributed by atoms with Gasteiger partial charge in [0.15, 0.2) is 5.96 Å². The Kier molecular flexibility index (Phi) is 5.96. The maximum absolute atomic E-state index is 5.21. The van der Waals surface area contributed by atoms with Crippen molar-refractivity contribution in [3.05, 3.63) is 48.6 Å². The number of nitrogens with one attached hydrogen (secondary N) is 1. The number of aliphatic imine (C=N–C) groups is 1. The topological polar surface area (TPSA) is 93.1 Å². The molecule has 0 saturated carbocycles. The van der Waals surface area contributed by atoms with Crippen molar-refractivity contribution in [1.29, 1.82) is 0 Å². The van der Waals surface area contributed by atoms with Crippen LogP contribution in [0.15, 0.2) is 47.5 Å². The molecule has 0 fully saturated rings. The fraction of sp³-hybridized carbons (Fsp3) is 0.0769. The molecule has 5 N–H and O–H groups in total. The van der Waals surface area contributed by atoms with Crippen LogP contribution < -0.4 is 11.5 Å². The summed E-state index contributed by atoms with van der Waals surface area (Å²) in [6.45, 7) is 0. The largest absolute Gasteiger partial charge is 1.00 e. The Hall–Kier alpha value is -1.94. The van der Waals surface area contributed by atoms with E-state index in [0.29, 0.717) is 5.95 Å². The van der Waals surface area contributed by atoms with Gasteiger partial charge in [-0.15, -0.1) is 6.42 Å². The van der Waals surface area contributed by atoms with Gasteiger partial charge in [0.05, 0.1) is 11.0 Å². The molecular weight excluding hydrogens is 327 g/mol. The van der Waals surface area contributed by atoms with E-state index in [0.717, 1.165) is 17.5 Å². The number of aromatic amines is 1. The third kappa shape index (κ3) is 4.68. The molecule has 2 aromatic rings. The second kappa shape index (κ2) is 7.49. The van der Waals surface area contributed by atoms with E-state index in [1.165, 1.54) is 0 Å². The second-order valence-corrected chi connectivity index (χ2v) is 3.62. The second-order valence-electron chi connectivity index (χ2n) is 3.62. The van der Waals surface area contributed by atoms with Crippen LogP contribution in [0.3, 0.4) is 0 Å². The minimum Gasteiger partial charge on any atom is -0.370 e. The molecule has 0 spiro atoms. The summed E-state index contributed by atoms with van der Waals surface area (Å²) in [5.41, 5.74) is 12.2. The maximum Gasteiger partial charge on any atom is 1.00 e. The predicted octanol–water partition coefficient (Wildman–Crippen LogP) is 1.77. The summed E-state index contributed by atoms with van der Waals surface area (Å²) < 4.78 is 0. The van der Waals surface area contributed by atoms with Crippen LogP contribution in [0.25, 0.3) is 11.0 Å². The van der Waals surface area contributed by atoms with Gasteiger partial charge in [-0.25, -0.2) is 17.1 Å². The molecule has 0 amide bonds. The van der Waals surface area contributed by atoms with E-state index in [9.17, 15) is 0 Å². The van der Waals surface area contributed by atoms with Crippen molar-refractivity contribution >= 4 is 22.9 Å². The van der Waals surface area contributed by atoms with Crippen molar-refractivity contribution in [2.45, 2.75) is 6.42 Å². The van der Waals surface area contributed by atoms with Gasteiger partial charge >= 0.3 is 19.5 Å². The van der Waals surface area contributed by atoms with Crippen molar-refractivity contribution in [1.82, 2.24) is 9.97 Å². The molecular formula is C13H14N5Ru. The average Bonchev–Trinajstić information content (AvgIpc) is 3.00. The Morgan fingerprint density at radius 2 is 2.11 bits per heavy atom. The number of nitrogens with zero attached hydrogens (tertiary/aromatic N) is 2. The summed E-state index contributed by atoms with van der Waals surface area (Å²) >= 11 is 0. The molecule has 3 rings (SSSR count). The van der Waals surface area contributed by atoms with E-state index < -0.39 is 0 Å². The van der Waals surface area contributed by atoms with Gasteiger partial charge in [-0.05, 0) is 12.1 Å². The predicted molar refractivity (Wildman–Crippen MR) is 73.1 cm³/mol. The van der Waals surface area contributed by atoms with Crippen molar-refractivity contribution in [3.8, 4) is 0 Å². The quantitative estimate of drug-likeness (QED) is 0.319. The van der Waals surface area contributed by atoms with E-state index in [1.807, 2.05) is 36.4 Å². The first-order valence-corrected chi connectivity index (χ1v) is 5.52. The number of imidazole rings is 1. The summed E-state index contributed by atoms with van der Waals surface area (Å²) in [6, 6.07) is 7.62. The zero-order valence-electron chi connectivity index (χ0n) is 10.2. The first-order valence-electron chi connectivity index (χ1n) is 5.52. The first kappa shape index (κ1) is 15.1. The number of fused-ring (bicyclic) bond motifs is 1. The molecule has 1 heterocycles. The van der Waals surface area contributed by atoms with E-state index >= 15 is 0 Å². The third-order valence-corrected chi connectivity index (χ3v) is 2.20. The van der Waals surface area contributed by atoms with Crippen LogP contribution in [0.4, 0.5) is 5.95 Å².